The van der Waals surface area contributed by atoms with Gasteiger partial charge in [-0.2, -0.15) is 8.78 Å². The number of alkyl halides is 2. The molecule has 0 aliphatic carbocycles. The first-order chi connectivity index (χ1) is 9.43. The van der Waals surface area contributed by atoms with Crippen LogP contribution in [0.4, 0.5) is 8.78 Å². The van der Waals surface area contributed by atoms with E-state index in [0.717, 1.165) is 29.7 Å². The van der Waals surface area contributed by atoms with Crippen LogP contribution < -0.4 is 10.1 Å². The summed E-state index contributed by atoms with van der Waals surface area (Å²) in [4.78, 5) is 0. The first-order valence-electron chi connectivity index (χ1n) is 6.91. The molecule has 0 radical (unpaired) electrons. The maximum absolute atomic E-state index is 12.3. The largest absolute Gasteiger partial charge is 0.434 e. The van der Waals surface area contributed by atoms with E-state index in [4.69, 9.17) is 0 Å². The van der Waals surface area contributed by atoms with Gasteiger partial charge in [-0.15, -0.1) is 0 Å². The fraction of sp³-hybridized carbons (Fsp3) is 0.500. The van der Waals surface area contributed by atoms with E-state index in [-0.39, 0.29) is 11.8 Å². The third-order valence-corrected chi connectivity index (χ3v) is 2.98. The van der Waals surface area contributed by atoms with Crippen molar-refractivity contribution in [1.82, 2.24) is 5.32 Å². The number of ether oxygens (including phenoxy) is 1. The van der Waals surface area contributed by atoms with Crippen LogP contribution >= 0.6 is 0 Å². The lowest BCUT2D eigenvalue weighted by atomic mass is 10.0. The van der Waals surface area contributed by atoms with Crippen LogP contribution in [0.1, 0.15) is 37.0 Å². The van der Waals surface area contributed by atoms with Crippen molar-refractivity contribution < 1.29 is 13.5 Å². The number of halogens is 2. The van der Waals surface area contributed by atoms with E-state index in [1.165, 1.54) is 0 Å². The molecule has 1 N–H and O–H groups in total. The van der Waals surface area contributed by atoms with E-state index in [1.54, 1.807) is 13.8 Å². The highest BCUT2D eigenvalue weighted by Gasteiger charge is 2.10. The summed E-state index contributed by atoms with van der Waals surface area (Å²) >= 11 is 0. The molecular formula is C16H23F2NO. The minimum absolute atomic E-state index is 0.273. The Hall–Kier alpha value is -1.42. The zero-order valence-electron chi connectivity index (χ0n) is 12.5. The van der Waals surface area contributed by atoms with Gasteiger partial charge in [-0.05, 0) is 62.6 Å². The van der Waals surface area contributed by atoms with Gasteiger partial charge >= 0.3 is 6.61 Å². The Labute approximate surface area is 119 Å². The van der Waals surface area contributed by atoms with Crippen LogP contribution in [0.3, 0.4) is 0 Å². The fourth-order valence-electron chi connectivity index (χ4n) is 2.05. The van der Waals surface area contributed by atoms with E-state index in [2.05, 4.69) is 30.0 Å². The van der Waals surface area contributed by atoms with Crippen LogP contribution in [-0.2, 0) is 0 Å². The molecule has 1 aromatic carbocycles. The van der Waals surface area contributed by atoms with Crippen LogP contribution in [0.15, 0.2) is 18.2 Å². The highest BCUT2D eigenvalue weighted by atomic mass is 19.3. The van der Waals surface area contributed by atoms with Crippen LogP contribution in [0.25, 0.3) is 6.08 Å². The van der Waals surface area contributed by atoms with E-state index >= 15 is 0 Å². The molecule has 20 heavy (non-hydrogen) atoms. The third-order valence-electron chi connectivity index (χ3n) is 2.98. The smallest absolute Gasteiger partial charge is 0.387 e. The van der Waals surface area contributed by atoms with Crippen molar-refractivity contribution in [3.8, 4) is 5.75 Å². The van der Waals surface area contributed by atoms with Crippen molar-refractivity contribution >= 4 is 6.08 Å². The molecule has 2 nitrogen and oxygen atoms in total. The second kappa shape index (κ2) is 8.00. The van der Waals surface area contributed by atoms with Gasteiger partial charge in [-0.25, -0.2) is 0 Å². The van der Waals surface area contributed by atoms with Crippen LogP contribution in [-0.4, -0.2) is 19.2 Å². The molecule has 0 amide bonds. The number of nitrogens with one attached hydrogen (secondary N) is 1. The predicted molar refractivity (Wildman–Crippen MR) is 79.3 cm³/mol. The zero-order chi connectivity index (χ0) is 15.1. The molecule has 1 atom stereocenters. The molecule has 112 valence electrons. The number of hydrogen-bond donors (Lipinski definition) is 1. The summed E-state index contributed by atoms with van der Waals surface area (Å²) in [6.07, 6.45) is 5.16. The molecule has 0 saturated heterocycles. The van der Waals surface area contributed by atoms with E-state index in [1.807, 2.05) is 18.2 Å². The molecule has 0 aromatic heterocycles. The van der Waals surface area contributed by atoms with Gasteiger partial charge in [0.05, 0.1) is 0 Å². The maximum Gasteiger partial charge on any atom is 0.387 e. The molecule has 0 aliphatic heterocycles. The first kappa shape index (κ1) is 16.6. The van der Waals surface area contributed by atoms with E-state index in [0.29, 0.717) is 0 Å². The lowest BCUT2D eigenvalue weighted by Crippen LogP contribution is -2.24. The summed E-state index contributed by atoms with van der Waals surface area (Å²) < 4.78 is 29.2. The molecule has 1 unspecified atom stereocenters. The molecule has 0 bridgehead atoms. The van der Waals surface area contributed by atoms with Gasteiger partial charge in [0.1, 0.15) is 5.75 Å². The van der Waals surface area contributed by atoms with Gasteiger partial charge in [0.25, 0.3) is 0 Å². The van der Waals surface area contributed by atoms with Gasteiger partial charge in [0, 0.05) is 6.04 Å². The third kappa shape index (κ3) is 5.29. The summed E-state index contributed by atoms with van der Waals surface area (Å²) in [6, 6.07) is 3.99. The molecule has 0 saturated carbocycles. The Bertz CT molecular complexity index is 435. The summed E-state index contributed by atoms with van der Waals surface area (Å²) in [5, 5.41) is 3.36. The van der Waals surface area contributed by atoms with Crippen molar-refractivity contribution in [2.24, 2.45) is 0 Å². The van der Waals surface area contributed by atoms with E-state index in [9.17, 15) is 8.78 Å². The highest BCUT2D eigenvalue weighted by molar-refractivity contribution is 5.56. The minimum Gasteiger partial charge on any atom is -0.434 e. The number of hydrogen-bond acceptors (Lipinski definition) is 2. The maximum atomic E-state index is 12.3. The van der Waals surface area contributed by atoms with E-state index < -0.39 is 6.61 Å². The van der Waals surface area contributed by atoms with Crippen molar-refractivity contribution in [3.63, 3.8) is 0 Å². The standard InChI is InChI=1S/C16H23F2NO/c1-5-8-19-13(4)6-7-14-9-11(2)15(12(3)10-14)20-16(17)18/h6-7,9-10,13,16,19H,5,8H2,1-4H3/b7-6+. The molecule has 1 aromatic rings. The van der Waals surface area contributed by atoms with Crippen LogP contribution in [0.2, 0.25) is 0 Å². The average molecular weight is 283 g/mol. The normalized spacial score (nSPS) is 13.2. The van der Waals surface area contributed by atoms with Gasteiger partial charge in [0.15, 0.2) is 0 Å². The van der Waals surface area contributed by atoms with Crippen molar-refractivity contribution in [1.29, 1.82) is 0 Å². The Balaban J connectivity index is 2.80. The zero-order valence-corrected chi connectivity index (χ0v) is 12.5. The lowest BCUT2D eigenvalue weighted by Gasteiger charge is -2.12. The minimum atomic E-state index is -2.79. The second-order valence-electron chi connectivity index (χ2n) is 4.96. The van der Waals surface area contributed by atoms with Crippen LogP contribution in [0, 0.1) is 13.8 Å². The summed E-state index contributed by atoms with van der Waals surface area (Å²) in [5.41, 5.74) is 2.44. The highest BCUT2D eigenvalue weighted by Crippen LogP contribution is 2.26. The van der Waals surface area contributed by atoms with Gasteiger partial charge in [-0.3, -0.25) is 0 Å². The summed E-state index contributed by atoms with van der Waals surface area (Å²) in [7, 11) is 0. The first-order valence-corrected chi connectivity index (χ1v) is 6.91. The topological polar surface area (TPSA) is 21.3 Å². The average Bonchev–Trinajstić information content (AvgIpc) is 2.38. The summed E-state index contributed by atoms with van der Waals surface area (Å²) in [6.45, 7) is 5.96. The predicted octanol–water partition coefficient (Wildman–Crippen LogP) is 4.31. The fourth-order valence-corrected chi connectivity index (χ4v) is 2.05. The second-order valence-corrected chi connectivity index (χ2v) is 4.96. The van der Waals surface area contributed by atoms with Crippen LogP contribution in [0.5, 0.6) is 5.75 Å². The van der Waals surface area contributed by atoms with Crippen molar-refractivity contribution in [2.75, 3.05) is 6.54 Å². The van der Waals surface area contributed by atoms with Gasteiger partial charge in [-0.1, -0.05) is 19.1 Å². The Morgan fingerprint density at radius 1 is 1.25 bits per heavy atom. The molecule has 4 heteroatoms. The molecule has 1 rings (SSSR count). The number of aryl methyl sites for hydroxylation is 2. The quantitative estimate of drug-likeness (QED) is 0.805. The number of benzene rings is 1. The molecule has 0 heterocycles. The van der Waals surface area contributed by atoms with Gasteiger partial charge in [0.2, 0.25) is 0 Å². The molecule has 0 fully saturated rings. The van der Waals surface area contributed by atoms with Gasteiger partial charge < -0.3 is 10.1 Å². The van der Waals surface area contributed by atoms with Crippen molar-refractivity contribution in [2.45, 2.75) is 46.8 Å². The number of rotatable bonds is 7. The Morgan fingerprint density at radius 2 is 1.85 bits per heavy atom. The van der Waals surface area contributed by atoms with Crippen molar-refractivity contribution in [3.05, 3.63) is 34.9 Å². The molecular weight excluding hydrogens is 260 g/mol. The molecule has 0 spiro atoms. The monoisotopic (exact) mass is 283 g/mol. The Kier molecular flexibility index (Phi) is 6.65. The Morgan fingerprint density at radius 3 is 2.35 bits per heavy atom. The molecule has 0 aliphatic rings. The lowest BCUT2D eigenvalue weighted by molar-refractivity contribution is -0.0507. The summed E-state index contributed by atoms with van der Waals surface area (Å²) in [5.74, 6) is 0.273. The SMILES string of the molecule is CCCNC(C)/C=C/c1cc(C)c(OC(F)F)c(C)c1.